The minimum Gasteiger partial charge on any atom is -0.503 e. The minimum atomic E-state index is -1.55. The van der Waals surface area contributed by atoms with Crippen molar-refractivity contribution in [2.75, 3.05) is 6.61 Å². The summed E-state index contributed by atoms with van der Waals surface area (Å²) in [6, 6.07) is 7.24. The lowest BCUT2D eigenvalue weighted by molar-refractivity contribution is -0.128. The number of carbonyl (C=O) groups is 3. The van der Waals surface area contributed by atoms with Crippen molar-refractivity contribution in [3.63, 3.8) is 0 Å². The van der Waals surface area contributed by atoms with Crippen LogP contribution in [0, 0.1) is 0 Å². The summed E-state index contributed by atoms with van der Waals surface area (Å²) in [5.41, 5.74) is -1.43. The van der Waals surface area contributed by atoms with Crippen LogP contribution >= 0.6 is 0 Å². The molecule has 1 aromatic heterocycles. The van der Waals surface area contributed by atoms with Crippen LogP contribution in [0.1, 0.15) is 58.5 Å². The fourth-order valence-electron chi connectivity index (χ4n) is 5.02. The van der Waals surface area contributed by atoms with Gasteiger partial charge < -0.3 is 30.1 Å². The second-order valence-corrected chi connectivity index (χ2v) is 9.12. The van der Waals surface area contributed by atoms with E-state index in [1.807, 2.05) is 30.3 Å². The molecule has 0 bridgehead atoms. The molecule has 1 aliphatic heterocycles. The number of aromatic carboxylic acids is 1. The number of nitrogens with zero attached hydrogens (tertiary/aromatic N) is 2. The van der Waals surface area contributed by atoms with Gasteiger partial charge in [0.1, 0.15) is 11.6 Å². The number of aromatic nitrogens is 1. The zero-order valence-electron chi connectivity index (χ0n) is 19.2. The Morgan fingerprint density at radius 3 is 2.40 bits per heavy atom. The molecule has 35 heavy (non-hydrogen) atoms. The van der Waals surface area contributed by atoms with Gasteiger partial charge in [-0.2, -0.15) is 0 Å². The minimum absolute atomic E-state index is 0.0340. The molecule has 2 aromatic rings. The van der Waals surface area contributed by atoms with Gasteiger partial charge in [-0.1, -0.05) is 49.6 Å². The molecule has 10 heteroatoms. The molecule has 4 N–H and O–H groups in total. The molecule has 0 saturated heterocycles. The van der Waals surface area contributed by atoms with Crippen LogP contribution in [-0.4, -0.2) is 67.3 Å². The topological polar surface area (TPSA) is 149 Å². The molecular formula is C25H29N3O7. The maximum absolute atomic E-state index is 13.6. The van der Waals surface area contributed by atoms with Gasteiger partial charge in [0.05, 0.1) is 19.2 Å². The first-order valence-electron chi connectivity index (χ1n) is 11.8. The molecule has 2 atom stereocenters. The zero-order valence-corrected chi connectivity index (χ0v) is 19.2. The Morgan fingerprint density at radius 1 is 1.09 bits per heavy atom. The van der Waals surface area contributed by atoms with Crippen molar-refractivity contribution >= 4 is 17.8 Å². The number of pyridine rings is 1. The number of aromatic hydroxyl groups is 1. The summed E-state index contributed by atoms with van der Waals surface area (Å²) >= 11 is 0. The van der Waals surface area contributed by atoms with E-state index < -0.39 is 58.9 Å². The van der Waals surface area contributed by atoms with E-state index in [1.165, 1.54) is 4.90 Å². The Balaban J connectivity index is 1.75. The number of nitrogens with one attached hydrogen (secondary N) is 1. The van der Waals surface area contributed by atoms with Crippen molar-refractivity contribution < 1.29 is 29.7 Å². The quantitative estimate of drug-likeness (QED) is 0.461. The lowest BCUT2D eigenvalue weighted by Crippen LogP contribution is -2.61. The Labute approximate surface area is 201 Å². The highest BCUT2D eigenvalue weighted by Gasteiger charge is 2.43. The van der Waals surface area contributed by atoms with Gasteiger partial charge in [-0.15, -0.1) is 0 Å². The van der Waals surface area contributed by atoms with E-state index in [-0.39, 0.29) is 19.0 Å². The number of fused-ring (bicyclic) bond motifs is 1. The Hall–Kier alpha value is -3.66. The number of carboxylic acids is 1. The molecule has 2 heterocycles. The molecule has 1 fully saturated rings. The Bertz CT molecular complexity index is 1170. The molecule has 2 amide bonds. The molecule has 1 aliphatic carbocycles. The van der Waals surface area contributed by atoms with Gasteiger partial charge in [-0.05, 0) is 24.8 Å². The van der Waals surface area contributed by atoms with Gasteiger partial charge in [0.15, 0.2) is 11.4 Å². The van der Waals surface area contributed by atoms with E-state index >= 15 is 0 Å². The lowest BCUT2D eigenvalue weighted by Gasteiger charge is -2.41. The van der Waals surface area contributed by atoms with Crippen LogP contribution in [0.5, 0.6) is 5.75 Å². The highest BCUT2D eigenvalue weighted by molar-refractivity contribution is 6.00. The number of hydrogen-bond acceptors (Lipinski definition) is 6. The molecule has 2 aliphatic rings. The second kappa shape index (κ2) is 10.3. The van der Waals surface area contributed by atoms with Crippen LogP contribution in [0.4, 0.5) is 0 Å². The fourth-order valence-corrected chi connectivity index (χ4v) is 5.02. The Kier molecular flexibility index (Phi) is 7.20. The summed E-state index contributed by atoms with van der Waals surface area (Å²) in [6.07, 6.45) is 5.97. The second-order valence-electron chi connectivity index (χ2n) is 9.12. The van der Waals surface area contributed by atoms with Crippen molar-refractivity contribution in [3.05, 3.63) is 63.6 Å². The maximum atomic E-state index is 13.6. The van der Waals surface area contributed by atoms with Gasteiger partial charge >= 0.3 is 5.97 Å². The van der Waals surface area contributed by atoms with Crippen LogP contribution in [-0.2, 0) is 17.8 Å². The summed E-state index contributed by atoms with van der Waals surface area (Å²) in [5.74, 6) is -3.77. The smallest absolute Gasteiger partial charge is 0.341 e. The largest absolute Gasteiger partial charge is 0.503 e. The highest BCUT2D eigenvalue weighted by Crippen LogP contribution is 2.27. The number of amides is 2. The molecule has 186 valence electrons. The molecule has 1 aromatic carbocycles. The van der Waals surface area contributed by atoms with Crippen LogP contribution in [0.25, 0.3) is 0 Å². The molecule has 10 nitrogen and oxygen atoms in total. The van der Waals surface area contributed by atoms with Gasteiger partial charge in [0, 0.05) is 12.2 Å². The van der Waals surface area contributed by atoms with E-state index in [1.54, 1.807) is 0 Å². The monoisotopic (exact) mass is 483 g/mol. The summed E-state index contributed by atoms with van der Waals surface area (Å²) in [7, 11) is 0. The van der Waals surface area contributed by atoms with Gasteiger partial charge in [-0.3, -0.25) is 14.4 Å². The van der Waals surface area contributed by atoms with E-state index in [0.29, 0.717) is 0 Å². The van der Waals surface area contributed by atoms with Crippen LogP contribution in [0.15, 0.2) is 41.3 Å². The SMILES string of the molecule is O=C(O)c1cn2c(c(O)c1=O)C(=O)N(C(CO)Cc1ccccc1)[C@@H](C(=O)NC1CCCCC1)C2. The van der Waals surface area contributed by atoms with Crippen LogP contribution in [0.2, 0.25) is 0 Å². The highest BCUT2D eigenvalue weighted by atomic mass is 16.4. The number of benzene rings is 1. The molecule has 1 unspecified atom stereocenters. The number of hydrogen-bond donors (Lipinski definition) is 4. The van der Waals surface area contributed by atoms with Crippen LogP contribution < -0.4 is 10.7 Å². The third-order valence-electron chi connectivity index (χ3n) is 6.80. The molecular weight excluding hydrogens is 454 g/mol. The van der Waals surface area contributed by atoms with Crippen molar-refractivity contribution in [1.29, 1.82) is 0 Å². The number of carboxylic acid groups (broad SMARTS) is 1. The van der Waals surface area contributed by atoms with E-state index in [2.05, 4.69) is 5.32 Å². The lowest BCUT2D eigenvalue weighted by atomic mass is 9.94. The predicted molar refractivity (Wildman–Crippen MR) is 125 cm³/mol. The first-order chi connectivity index (χ1) is 16.8. The summed E-state index contributed by atoms with van der Waals surface area (Å²) in [5, 5.41) is 33.1. The first kappa shape index (κ1) is 24.5. The van der Waals surface area contributed by atoms with E-state index in [0.717, 1.165) is 48.4 Å². The van der Waals surface area contributed by atoms with Crippen molar-refractivity contribution in [2.45, 2.75) is 63.2 Å². The third kappa shape index (κ3) is 4.93. The summed E-state index contributed by atoms with van der Waals surface area (Å²) in [4.78, 5) is 52.2. The van der Waals surface area contributed by atoms with Crippen molar-refractivity contribution in [1.82, 2.24) is 14.8 Å². The number of carbonyl (C=O) groups excluding carboxylic acids is 2. The Morgan fingerprint density at radius 2 is 1.77 bits per heavy atom. The first-order valence-corrected chi connectivity index (χ1v) is 11.8. The summed E-state index contributed by atoms with van der Waals surface area (Å²) in [6.45, 7) is -0.620. The molecule has 0 radical (unpaired) electrons. The van der Waals surface area contributed by atoms with Gasteiger partial charge in [0.2, 0.25) is 11.3 Å². The molecule has 0 spiro atoms. The zero-order chi connectivity index (χ0) is 25.1. The van der Waals surface area contributed by atoms with Crippen molar-refractivity contribution in [2.24, 2.45) is 0 Å². The number of aliphatic hydroxyl groups is 1. The summed E-state index contributed by atoms with van der Waals surface area (Å²) < 4.78 is 1.15. The van der Waals surface area contributed by atoms with E-state index in [9.17, 15) is 34.5 Å². The van der Waals surface area contributed by atoms with E-state index in [4.69, 9.17) is 0 Å². The van der Waals surface area contributed by atoms with Gasteiger partial charge in [-0.25, -0.2) is 4.79 Å². The molecule has 1 saturated carbocycles. The standard InChI is InChI=1S/C25H29N3O7/c29-14-17(11-15-7-3-1-4-8-15)28-19(23(32)26-16-9-5-2-6-10-16)13-27-12-18(25(34)35)21(30)22(31)20(27)24(28)33/h1,3-4,7-8,12,16-17,19,29,31H,2,5-6,9-11,13-14H2,(H,26,32)(H,34,35)/t17?,19-/m1/s1. The molecule has 4 rings (SSSR count). The average Bonchev–Trinajstić information content (AvgIpc) is 2.85. The predicted octanol–water partition coefficient (Wildman–Crippen LogP) is 1.13. The van der Waals surface area contributed by atoms with Crippen LogP contribution in [0.3, 0.4) is 0 Å². The average molecular weight is 484 g/mol. The normalized spacial score (nSPS) is 19.2. The van der Waals surface area contributed by atoms with Gasteiger partial charge in [0.25, 0.3) is 5.91 Å². The third-order valence-corrected chi connectivity index (χ3v) is 6.80. The number of rotatable bonds is 7. The fraction of sp³-hybridized carbons (Fsp3) is 0.440. The number of aliphatic hydroxyl groups excluding tert-OH is 1. The van der Waals surface area contributed by atoms with Crippen molar-refractivity contribution in [3.8, 4) is 5.75 Å². The maximum Gasteiger partial charge on any atom is 0.341 e.